The average molecular weight is 366 g/mol. The smallest absolute Gasteiger partial charge is 0.449 e. The van der Waals surface area contributed by atoms with E-state index in [0.29, 0.717) is 13.0 Å². The second-order valence-corrected chi connectivity index (χ2v) is 6.64. The molecule has 26 heavy (non-hydrogen) atoms. The summed E-state index contributed by atoms with van der Waals surface area (Å²) < 4.78 is 35.4. The molecule has 1 aliphatic carbocycles. The standard InChI is InChI=1S/C17H16F2N2O5/c18-14-11(20-4-3-9(22)6-20)5-10-13(15(14)19)16(23)12(26-17(24)25)7-21(10)8-1-2-8/h5,7-9,22H,1-4,6H2,(H,24,25). The third-order valence-corrected chi connectivity index (χ3v) is 4.79. The summed E-state index contributed by atoms with van der Waals surface area (Å²) in [5.41, 5.74) is -0.846. The number of carbonyl (C=O) groups is 1. The van der Waals surface area contributed by atoms with Crippen LogP contribution < -0.4 is 15.1 Å². The maximum Gasteiger partial charge on any atom is 0.511 e. The van der Waals surface area contributed by atoms with E-state index in [1.807, 2.05) is 0 Å². The molecule has 2 heterocycles. The van der Waals surface area contributed by atoms with Crippen LogP contribution in [0.3, 0.4) is 0 Å². The Hall–Kier alpha value is -2.68. The van der Waals surface area contributed by atoms with Crippen molar-refractivity contribution in [3.63, 3.8) is 0 Å². The SMILES string of the molecule is O=C(O)Oc1cn(C2CC2)c2cc(N3CCC(O)C3)c(F)c(F)c2c1=O. The maximum absolute atomic E-state index is 14.8. The van der Waals surface area contributed by atoms with Crippen molar-refractivity contribution in [1.82, 2.24) is 4.57 Å². The van der Waals surface area contributed by atoms with Gasteiger partial charge in [0.2, 0.25) is 5.43 Å². The van der Waals surface area contributed by atoms with Crippen LogP contribution in [0.15, 0.2) is 17.1 Å². The predicted molar refractivity (Wildman–Crippen MR) is 87.9 cm³/mol. The number of rotatable bonds is 3. The quantitative estimate of drug-likeness (QED) is 0.810. The Kier molecular flexibility index (Phi) is 3.83. The highest BCUT2D eigenvalue weighted by Crippen LogP contribution is 2.40. The Morgan fingerprint density at radius 3 is 2.54 bits per heavy atom. The lowest BCUT2D eigenvalue weighted by Crippen LogP contribution is -2.24. The third-order valence-electron chi connectivity index (χ3n) is 4.79. The van der Waals surface area contributed by atoms with Crippen molar-refractivity contribution in [3.05, 3.63) is 34.1 Å². The first-order valence-corrected chi connectivity index (χ1v) is 8.27. The van der Waals surface area contributed by atoms with Crippen LogP contribution in [0.2, 0.25) is 0 Å². The average Bonchev–Trinajstić information content (AvgIpc) is 3.33. The minimum absolute atomic E-state index is 0.0211. The van der Waals surface area contributed by atoms with Gasteiger partial charge in [0.25, 0.3) is 0 Å². The summed E-state index contributed by atoms with van der Waals surface area (Å²) in [5.74, 6) is -3.09. The molecule has 2 fully saturated rings. The molecule has 1 saturated heterocycles. The number of ether oxygens (including phenoxy) is 1. The number of aromatic nitrogens is 1. The molecule has 0 bridgehead atoms. The molecule has 2 aromatic rings. The van der Waals surface area contributed by atoms with E-state index in [1.54, 1.807) is 4.57 Å². The van der Waals surface area contributed by atoms with Crippen LogP contribution >= 0.6 is 0 Å². The minimum Gasteiger partial charge on any atom is -0.449 e. The van der Waals surface area contributed by atoms with Crippen molar-refractivity contribution in [2.75, 3.05) is 18.0 Å². The van der Waals surface area contributed by atoms with Gasteiger partial charge in [-0.25, -0.2) is 13.6 Å². The Morgan fingerprint density at radius 1 is 1.23 bits per heavy atom. The fourth-order valence-corrected chi connectivity index (χ4v) is 3.41. The van der Waals surface area contributed by atoms with E-state index in [2.05, 4.69) is 4.74 Å². The molecule has 2 N–H and O–H groups in total. The van der Waals surface area contributed by atoms with Crippen molar-refractivity contribution < 1.29 is 28.5 Å². The Labute approximate surface area is 146 Å². The number of fused-ring (bicyclic) bond motifs is 1. The van der Waals surface area contributed by atoms with E-state index in [4.69, 9.17) is 5.11 Å². The van der Waals surface area contributed by atoms with Gasteiger partial charge in [0.05, 0.1) is 28.9 Å². The number of hydrogen-bond acceptors (Lipinski definition) is 5. The number of aliphatic hydroxyl groups excluding tert-OH is 1. The predicted octanol–water partition coefficient (Wildman–Crippen LogP) is 2.24. The van der Waals surface area contributed by atoms with E-state index in [-0.39, 0.29) is 23.8 Å². The molecule has 138 valence electrons. The van der Waals surface area contributed by atoms with Gasteiger partial charge in [-0.05, 0) is 25.3 Å². The van der Waals surface area contributed by atoms with Crippen molar-refractivity contribution in [1.29, 1.82) is 0 Å². The largest absolute Gasteiger partial charge is 0.511 e. The van der Waals surface area contributed by atoms with Gasteiger partial charge in [-0.2, -0.15) is 0 Å². The number of hydrogen-bond donors (Lipinski definition) is 2. The lowest BCUT2D eigenvalue weighted by molar-refractivity contribution is 0.143. The minimum atomic E-state index is -1.70. The highest BCUT2D eigenvalue weighted by Gasteiger charge is 2.31. The van der Waals surface area contributed by atoms with E-state index in [9.17, 15) is 23.5 Å². The fraction of sp³-hybridized carbons (Fsp3) is 0.412. The van der Waals surface area contributed by atoms with Crippen LogP contribution in [0.25, 0.3) is 10.9 Å². The second-order valence-electron chi connectivity index (χ2n) is 6.64. The molecule has 2 aliphatic rings. The molecular weight excluding hydrogens is 350 g/mol. The van der Waals surface area contributed by atoms with Crippen molar-refractivity contribution in [2.45, 2.75) is 31.4 Å². The maximum atomic E-state index is 14.8. The number of benzene rings is 1. The molecule has 1 aromatic heterocycles. The number of halogens is 2. The van der Waals surface area contributed by atoms with Gasteiger partial charge in [-0.15, -0.1) is 0 Å². The molecule has 1 aliphatic heterocycles. The van der Waals surface area contributed by atoms with E-state index in [1.165, 1.54) is 17.2 Å². The van der Waals surface area contributed by atoms with Crippen LogP contribution in [0.5, 0.6) is 5.75 Å². The van der Waals surface area contributed by atoms with E-state index in [0.717, 1.165) is 12.8 Å². The molecule has 1 unspecified atom stereocenters. The molecule has 0 spiro atoms. The molecule has 4 rings (SSSR count). The second kappa shape index (κ2) is 5.94. The highest BCUT2D eigenvalue weighted by atomic mass is 19.2. The van der Waals surface area contributed by atoms with E-state index < -0.39 is 40.5 Å². The first-order chi connectivity index (χ1) is 12.4. The van der Waals surface area contributed by atoms with Gasteiger partial charge in [-0.1, -0.05) is 0 Å². The molecule has 1 atom stereocenters. The summed E-state index contributed by atoms with van der Waals surface area (Å²) in [4.78, 5) is 24.8. The Balaban J connectivity index is 1.97. The van der Waals surface area contributed by atoms with Gasteiger partial charge in [0, 0.05) is 19.1 Å². The molecular formula is C17H16F2N2O5. The molecule has 9 heteroatoms. The van der Waals surface area contributed by atoms with Gasteiger partial charge in [0.15, 0.2) is 17.4 Å². The summed E-state index contributed by atoms with van der Waals surface area (Å²) in [7, 11) is 0. The molecule has 1 saturated carbocycles. The third kappa shape index (κ3) is 2.68. The number of carboxylic acid groups (broad SMARTS) is 1. The van der Waals surface area contributed by atoms with Crippen molar-refractivity contribution in [3.8, 4) is 5.75 Å². The zero-order valence-electron chi connectivity index (χ0n) is 13.6. The topological polar surface area (TPSA) is 92.0 Å². The monoisotopic (exact) mass is 366 g/mol. The summed E-state index contributed by atoms with van der Waals surface area (Å²) >= 11 is 0. The van der Waals surface area contributed by atoms with Crippen molar-refractivity contribution >= 4 is 22.7 Å². The van der Waals surface area contributed by atoms with Crippen LogP contribution in [-0.4, -0.2) is 40.1 Å². The summed E-state index contributed by atoms with van der Waals surface area (Å²) in [6.07, 6.45) is 0.913. The number of pyridine rings is 1. The number of aliphatic hydroxyl groups is 1. The van der Waals surface area contributed by atoms with Gasteiger partial charge in [-0.3, -0.25) is 4.79 Å². The lowest BCUT2D eigenvalue weighted by atomic mass is 10.1. The highest BCUT2D eigenvalue weighted by molar-refractivity contribution is 5.86. The number of nitrogens with zero attached hydrogens (tertiary/aromatic N) is 2. The molecule has 7 nitrogen and oxygen atoms in total. The first-order valence-electron chi connectivity index (χ1n) is 8.27. The zero-order chi connectivity index (χ0) is 18.6. The fourth-order valence-electron chi connectivity index (χ4n) is 3.41. The summed E-state index contributed by atoms with van der Waals surface area (Å²) in [6, 6.07) is 1.35. The summed E-state index contributed by atoms with van der Waals surface area (Å²) in [6.45, 7) is 0.548. The number of β-amino-alcohol motifs (C(OH)–C–C–N with tert-alkyl or cyclic N) is 1. The lowest BCUT2D eigenvalue weighted by Gasteiger charge is -2.21. The van der Waals surface area contributed by atoms with Crippen LogP contribution in [0.1, 0.15) is 25.3 Å². The zero-order valence-corrected chi connectivity index (χ0v) is 13.6. The number of anilines is 1. The van der Waals surface area contributed by atoms with Crippen molar-refractivity contribution in [2.24, 2.45) is 0 Å². The normalized spacial score (nSPS) is 20.0. The summed E-state index contributed by atoms with van der Waals surface area (Å²) in [5, 5.41) is 17.9. The Morgan fingerprint density at radius 2 is 1.96 bits per heavy atom. The molecule has 0 radical (unpaired) electrons. The van der Waals surface area contributed by atoms with Gasteiger partial charge in [0.1, 0.15) is 0 Å². The molecule has 0 amide bonds. The molecule has 1 aromatic carbocycles. The van der Waals surface area contributed by atoms with E-state index >= 15 is 0 Å². The van der Waals surface area contributed by atoms with Crippen LogP contribution in [0.4, 0.5) is 19.3 Å². The van der Waals surface area contributed by atoms with Gasteiger partial charge < -0.3 is 24.4 Å². The first kappa shape index (κ1) is 16.8. The Bertz CT molecular complexity index is 970. The van der Waals surface area contributed by atoms with Crippen LogP contribution in [0, 0.1) is 11.6 Å². The van der Waals surface area contributed by atoms with Crippen LogP contribution in [-0.2, 0) is 0 Å². The van der Waals surface area contributed by atoms with Gasteiger partial charge >= 0.3 is 6.16 Å².